The predicted molar refractivity (Wildman–Crippen MR) is 110 cm³/mol. The summed E-state index contributed by atoms with van der Waals surface area (Å²) in [6.45, 7) is 2.87. The molecule has 0 amide bonds. The number of hydrogen-bond acceptors (Lipinski definition) is 6. The summed E-state index contributed by atoms with van der Waals surface area (Å²) in [6, 6.07) is 12.2. The average Bonchev–Trinajstić information content (AvgIpc) is 3.23. The molecule has 0 aliphatic carbocycles. The number of hydrogen-bond donors (Lipinski definition) is 2. The van der Waals surface area contributed by atoms with Gasteiger partial charge in [-0.1, -0.05) is 12.1 Å². The number of anilines is 2. The zero-order valence-corrected chi connectivity index (χ0v) is 16.8. The van der Waals surface area contributed by atoms with Crippen LogP contribution >= 0.6 is 0 Å². The Hall–Kier alpha value is -2.98. The lowest BCUT2D eigenvalue weighted by Crippen LogP contribution is -2.35. The fourth-order valence-corrected chi connectivity index (χ4v) is 3.39. The summed E-state index contributed by atoms with van der Waals surface area (Å²) in [5.41, 5.74) is 1.21. The highest BCUT2D eigenvalue weighted by Crippen LogP contribution is 2.32. The third kappa shape index (κ3) is 5.59. The Bertz CT molecular complexity index is 983. The zero-order chi connectivity index (χ0) is 21.7. The van der Waals surface area contributed by atoms with E-state index in [0.29, 0.717) is 35.9 Å². The summed E-state index contributed by atoms with van der Waals surface area (Å²) in [7, 11) is 0. The number of para-hydroxylation sites is 1. The van der Waals surface area contributed by atoms with E-state index in [2.05, 4.69) is 26.0 Å². The standard InChI is InChI=1S/C21H23F3N6O/c22-21(23,24)15-7-9-16(10-8-15)26-19-6-2-1-5-18(19)20-27-29-30(28-20)12-13-31-17-4-3-11-25-14-17/h1-2,5-10,17,25-26H,3-4,11-14H2. The van der Waals surface area contributed by atoms with E-state index in [-0.39, 0.29) is 6.10 Å². The second-order valence-electron chi connectivity index (χ2n) is 7.29. The Labute approximate surface area is 177 Å². The number of benzene rings is 2. The number of halogens is 3. The molecule has 1 fully saturated rings. The molecule has 2 aromatic carbocycles. The molecule has 4 rings (SSSR count). The molecular weight excluding hydrogens is 409 g/mol. The summed E-state index contributed by atoms with van der Waals surface area (Å²) >= 11 is 0. The Morgan fingerprint density at radius 1 is 1.13 bits per heavy atom. The average molecular weight is 432 g/mol. The van der Waals surface area contributed by atoms with Crippen molar-refractivity contribution in [2.24, 2.45) is 0 Å². The van der Waals surface area contributed by atoms with Crippen LogP contribution in [0, 0.1) is 0 Å². The largest absolute Gasteiger partial charge is 0.416 e. The molecule has 0 spiro atoms. The molecule has 2 heterocycles. The van der Waals surface area contributed by atoms with Gasteiger partial charge >= 0.3 is 6.18 Å². The highest BCUT2D eigenvalue weighted by Gasteiger charge is 2.30. The molecule has 31 heavy (non-hydrogen) atoms. The first-order valence-corrected chi connectivity index (χ1v) is 10.1. The highest BCUT2D eigenvalue weighted by molar-refractivity contribution is 5.77. The molecule has 0 saturated carbocycles. The molecule has 1 atom stereocenters. The molecule has 7 nitrogen and oxygen atoms in total. The van der Waals surface area contributed by atoms with Gasteiger partial charge in [0.15, 0.2) is 0 Å². The van der Waals surface area contributed by atoms with E-state index in [1.807, 2.05) is 24.3 Å². The minimum absolute atomic E-state index is 0.213. The number of rotatable bonds is 7. The van der Waals surface area contributed by atoms with Gasteiger partial charge in [0.25, 0.3) is 0 Å². The van der Waals surface area contributed by atoms with Gasteiger partial charge in [-0.15, -0.1) is 10.2 Å². The van der Waals surface area contributed by atoms with Crippen LogP contribution in [0.1, 0.15) is 18.4 Å². The molecule has 1 unspecified atom stereocenters. The van der Waals surface area contributed by atoms with Crippen molar-refractivity contribution < 1.29 is 17.9 Å². The van der Waals surface area contributed by atoms with Crippen molar-refractivity contribution in [2.75, 3.05) is 25.0 Å². The van der Waals surface area contributed by atoms with Crippen molar-refractivity contribution >= 4 is 11.4 Å². The normalized spacial score (nSPS) is 16.9. The van der Waals surface area contributed by atoms with E-state index in [1.165, 1.54) is 16.9 Å². The summed E-state index contributed by atoms with van der Waals surface area (Å²) in [5.74, 6) is 0.425. The number of nitrogens with zero attached hydrogens (tertiary/aromatic N) is 4. The maximum absolute atomic E-state index is 12.8. The Balaban J connectivity index is 1.41. The van der Waals surface area contributed by atoms with Crippen molar-refractivity contribution in [3.05, 3.63) is 54.1 Å². The maximum Gasteiger partial charge on any atom is 0.416 e. The lowest BCUT2D eigenvalue weighted by Gasteiger charge is -2.22. The van der Waals surface area contributed by atoms with Gasteiger partial charge < -0.3 is 15.4 Å². The smallest absolute Gasteiger partial charge is 0.375 e. The molecular formula is C21H23F3N6O. The van der Waals surface area contributed by atoms with Crippen LogP contribution < -0.4 is 10.6 Å². The molecule has 1 aliphatic rings. The number of nitrogens with one attached hydrogen (secondary N) is 2. The molecule has 164 valence electrons. The van der Waals surface area contributed by atoms with Crippen molar-refractivity contribution in [2.45, 2.75) is 31.7 Å². The number of aromatic nitrogens is 4. The summed E-state index contributed by atoms with van der Waals surface area (Å²) in [4.78, 5) is 1.49. The SMILES string of the molecule is FC(F)(F)c1ccc(Nc2ccccc2-c2nnn(CCOC3CCCNC3)n2)cc1. The van der Waals surface area contributed by atoms with Crippen molar-refractivity contribution in [1.82, 2.24) is 25.5 Å². The number of alkyl halides is 3. The molecule has 1 saturated heterocycles. The molecule has 1 aromatic heterocycles. The highest BCUT2D eigenvalue weighted by atomic mass is 19.4. The minimum Gasteiger partial charge on any atom is -0.375 e. The van der Waals surface area contributed by atoms with E-state index in [0.717, 1.165) is 38.1 Å². The first-order valence-electron chi connectivity index (χ1n) is 10.1. The van der Waals surface area contributed by atoms with Gasteiger partial charge in [-0.25, -0.2) is 0 Å². The van der Waals surface area contributed by atoms with Crippen molar-refractivity contribution in [1.29, 1.82) is 0 Å². The fraction of sp³-hybridized carbons (Fsp3) is 0.381. The molecule has 1 aliphatic heterocycles. The van der Waals surface area contributed by atoms with Gasteiger partial charge in [0.1, 0.15) is 0 Å². The monoisotopic (exact) mass is 432 g/mol. The van der Waals surface area contributed by atoms with Gasteiger partial charge in [0, 0.05) is 23.5 Å². The van der Waals surface area contributed by atoms with Crippen LogP contribution in [0.3, 0.4) is 0 Å². The molecule has 3 aromatic rings. The molecule has 2 N–H and O–H groups in total. The fourth-order valence-electron chi connectivity index (χ4n) is 3.39. The Kier molecular flexibility index (Phi) is 6.47. The van der Waals surface area contributed by atoms with Gasteiger partial charge in [0.05, 0.1) is 24.8 Å². The van der Waals surface area contributed by atoms with Crippen LogP contribution in [0.4, 0.5) is 24.5 Å². The number of piperidine rings is 1. The third-order valence-corrected chi connectivity index (χ3v) is 5.01. The zero-order valence-electron chi connectivity index (χ0n) is 16.8. The third-order valence-electron chi connectivity index (χ3n) is 5.01. The minimum atomic E-state index is -4.37. The number of ether oxygens (including phenoxy) is 1. The van der Waals surface area contributed by atoms with E-state index in [9.17, 15) is 13.2 Å². The first kappa shape index (κ1) is 21.3. The first-order chi connectivity index (χ1) is 15.0. The summed E-state index contributed by atoms with van der Waals surface area (Å²) < 4.78 is 44.2. The molecule has 0 bridgehead atoms. The van der Waals surface area contributed by atoms with E-state index < -0.39 is 11.7 Å². The van der Waals surface area contributed by atoms with Crippen LogP contribution in [0.2, 0.25) is 0 Å². The van der Waals surface area contributed by atoms with Crippen molar-refractivity contribution in [3.8, 4) is 11.4 Å². The van der Waals surface area contributed by atoms with Crippen LogP contribution in [-0.2, 0) is 17.5 Å². The van der Waals surface area contributed by atoms with Gasteiger partial charge in [0.2, 0.25) is 5.82 Å². The van der Waals surface area contributed by atoms with Crippen LogP contribution in [0.5, 0.6) is 0 Å². The lowest BCUT2D eigenvalue weighted by atomic mass is 10.1. The maximum atomic E-state index is 12.8. The molecule has 10 heteroatoms. The topological polar surface area (TPSA) is 76.9 Å². The number of tetrazole rings is 1. The lowest BCUT2D eigenvalue weighted by molar-refractivity contribution is -0.137. The van der Waals surface area contributed by atoms with Crippen LogP contribution in [0.15, 0.2) is 48.5 Å². The Morgan fingerprint density at radius 3 is 2.68 bits per heavy atom. The Morgan fingerprint density at radius 2 is 1.94 bits per heavy atom. The quantitative estimate of drug-likeness (QED) is 0.590. The van der Waals surface area contributed by atoms with Gasteiger partial charge in [-0.05, 0) is 61.0 Å². The van der Waals surface area contributed by atoms with Gasteiger partial charge in [-0.3, -0.25) is 0 Å². The summed E-state index contributed by atoms with van der Waals surface area (Å²) in [5, 5.41) is 19.1. The second-order valence-corrected chi connectivity index (χ2v) is 7.29. The second kappa shape index (κ2) is 9.44. The summed E-state index contributed by atoms with van der Waals surface area (Å²) in [6.07, 6.45) is -1.99. The van der Waals surface area contributed by atoms with E-state index in [1.54, 1.807) is 0 Å². The van der Waals surface area contributed by atoms with E-state index >= 15 is 0 Å². The molecule has 0 radical (unpaired) electrons. The predicted octanol–water partition coefficient (Wildman–Crippen LogP) is 3.87. The van der Waals surface area contributed by atoms with Gasteiger partial charge in [-0.2, -0.15) is 18.0 Å². The van der Waals surface area contributed by atoms with E-state index in [4.69, 9.17) is 4.74 Å². The van der Waals surface area contributed by atoms with Crippen LogP contribution in [-0.4, -0.2) is 46.0 Å². The van der Waals surface area contributed by atoms with Crippen LogP contribution in [0.25, 0.3) is 11.4 Å². The van der Waals surface area contributed by atoms with Crippen molar-refractivity contribution in [3.63, 3.8) is 0 Å².